The van der Waals surface area contributed by atoms with Gasteiger partial charge in [-0.05, 0) is 97.7 Å². The monoisotopic (exact) mass is 663 g/mol. The van der Waals surface area contributed by atoms with Crippen LogP contribution in [-0.2, 0) is 23.8 Å². The van der Waals surface area contributed by atoms with Crippen LogP contribution in [0.1, 0.15) is 106 Å². The third kappa shape index (κ3) is 7.34. The molecule has 5 N–H and O–H groups in total. The number of amides is 1. The first-order chi connectivity index (χ1) is 22.2. The maximum absolute atomic E-state index is 12.2. The predicted molar refractivity (Wildman–Crippen MR) is 176 cm³/mol. The molecule has 1 aliphatic heterocycles. The lowest BCUT2D eigenvalue weighted by molar-refractivity contribution is -0.289. The summed E-state index contributed by atoms with van der Waals surface area (Å²) in [6, 6.07) is -0.971. The molecule has 10 nitrogen and oxygen atoms in total. The van der Waals surface area contributed by atoms with E-state index in [9.17, 15) is 30.0 Å². The van der Waals surface area contributed by atoms with Gasteiger partial charge >= 0.3 is 5.97 Å². The van der Waals surface area contributed by atoms with E-state index in [-0.39, 0.29) is 40.8 Å². The van der Waals surface area contributed by atoms with E-state index < -0.39 is 37.3 Å². The van der Waals surface area contributed by atoms with E-state index in [1.165, 1.54) is 19.4 Å². The minimum absolute atomic E-state index is 0.0111. The molecule has 0 bridgehead atoms. The largest absolute Gasteiger partial charge is 0.466 e. The molecule has 1 saturated heterocycles. The first-order valence-electron chi connectivity index (χ1n) is 18.3. The summed E-state index contributed by atoms with van der Waals surface area (Å²) in [6.45, 7) is 12.1. The number of aliphatic hydroxyl groups is 4. The van der Waals surface area contributed by atoms with Crippen LogP contribution in [0.3, 0.4) is 0 Å². The third-order valence-corrected chi connectivity index (χ3v) is 13.3. The van der Waals surface area contributed by atoms with Crippen molar-refractivity contribution in [1.29, 1.82) is 0 Å². The number of allylic oxidation sites excluding steroid dienone is 1. The number of hydrogen-bond donors (Lipinski definition) is 5. The van der Waals surface area contributed by atoms with Gasteiger partial charge in [-0.3, -0.25) is 9.59 Å². The van der Waals surface area contributed by atoms with Gasteiger partial charge in [0, 0.05) is 13.8 Å². The zero-order valence-electron chi connectivity index (χ0n) is 29.4. The molecular formula is C37H61NO9. The molecule has 0 spiro atoms. The molecule has 15 atom stereocenters. The average molecular weight is 664 g/mol. The Labute approximate surface area is 281 Å². The van der Waals surface area contributed by atoms with Gasteiger partial charge < -0.3 is 40.0 Å². The number of carbonyl (C=O) groups excluding carboxylic acids is 2. The van der Waals surface area contributed by atoms with Crippen molar-refractivity contribution in [1.82, 2.24) is 5.32 Å². The van der Waals surface area contributed by atoms with Crippen molar-refractivity contribution in [3.63, 3.8) is 0 Å². The second-order valence-electron chi connectivity index (χ2n) is 16.4. The predicted octanol–water partition coefficient (Wildman–Crippen LogP) is 3.87. The van der Waals surface area contributed by atoms with Gasteiger partial charge in [-0.2, -0.15) is 0 Å². The molecule has 5 aliphatic rings. The van der Waals surface area contributed by atoms with E-state index in [1.807, 2.05) is 0 Å². The Morgan fingerprint density at radius 2 is 1.83 bits per heavy atom. The number of esters is 1. The summed E-state index contributed by atoms with van der Waals surface area (Å²) in [6.07, 6.45) is 6.86. The van der Waals surface area contributed by atoms with Crippen LogP contribution in [0.15, 0.2) is 11.6 Å². The van der Waals surface area contributed by atoms with E-state index >= 15 is 0 Å². The Bertz CT molecular complexity index is 1150. The second kappa shape index (κ2) is 14.7. The van der Waals surface area contributed by atoms with Gasteiger partial charge in [-0.25, -0.2) is 0 Å². The third-order valence-electron chi connectivity index (χ3n) is 13.3. The van der Waals surface area contributed by atoms with E-state index in [2.05, 4.69) is 39.1 Å². The zero-order valence-corrected chi connectivity index (χ0v) is 29.4. The summed E-state index contributed by atoms with van der Waals surface area (Å²) in [4.78, 5) is 23.5. The maximum atomic E-state index is 12.2. The second-order valence-corrected chi connectivity index (χ2v) is 16.4. The highest BCUT2D eigenvalue weighted by molar-refractivity contribution is 5.73. The van der Waals surface area contributed by atoms with E-state index in [0.29, 0.717) is 36.2 Å². The van der Waals surface area contributed by atoms with Crippen LogP contribution in [0.25, 0.3) is 0 Å². The first-order valence-corrected chi connectivity index (χ1v) is 18.3. The van der Waals surface area contributed by atoms with E-state index in [0.717, 1.165) is 64.2 Å². The Balaban J connectivity index is 1.41. The normalized spacial score (nSPS) is 44.3. The summed E-state index contributed by atoms with van der Waals surface area (Å²) in [7, 11) is 0. The summed E-state index contributed by atoms with van der Waals surface area (Å²) >= 11 is 0. The molecule has 0 aromatic heterocycles. The number of hydrogen-bond acceptors (Lipinski definition) is 9. The Morgan fingerprint density at radius 3 is 2.51 bits per heavy atom. The van der Waals surface area contributed by atoms with Crippen LogP contribution in [0.2, 0.25) is 0 Å². The molecule has 4 fully saturated rings. The van der Waals surface area contributed by atoms with Crippen molar-refractivity contribution in [3.8, 4) is 0 Å². The minimum Gasteiger partial charge on any atom is -0.466 e. The summed E-state index contributed by atoms with van der Waals surface area (Å²) in [5.41, 5.74) is 1.48. The van der Waals surface area contributed by atoms with Gasteiger partial charge in [0.1, 0.15) is 24.4 Å². The lowest BCUT2D eigenvalue weighted by atomic mass is 9.46. The number of ether oxygens (including phenoxy) is 3. The molecule has 4 aliphatic carbocycles. The molecule has 1 amide bonds. The highest BCUT2D eigenvalue weighted by Crippen LogP contribution is 2.68. The van der Waals surface area contributed by atoms with Gasteiger partial charge in [-0.15, -0.1) is 0 Å². The lowest BCUT2D eigenvalue weighted by Crippen LogP contribution is -2.65. The van der Waals surface area contributed by atoms with Gasteiger partial charge in [0.2, 0.25) is 5.91 Å². The lowest BCUT2D eigenvalue weighted by Gasteiger charge is -2.59. The number of fused-ring (bicyclic) bond motifs is 5. The summed E-state index contributed by atoms with van der Waals surface area (Å²) in [5, 5.41) is 44.9. The molecule has 3 saturated carbocycles. The van der Waals surface area contributed by atoms with Crippen LogP contribution in [0.4, 0.5) is 0 Å². The van der Waals surface area contributed by atoms with Crippen LogP contribution < -0.4 is 5.32 Å². The van der Waals surface area contributed by atoms with Gasteiger partial charge in [0.25, 0.3) is 0 Å². The Kier molecular flexibility index (Phi) is 11.5. The van der Waals surface area contributed by atoms with Crippen molar-refractivity contribution < 1.29 is 44.2 Å². The molecule has 1 heterocycles. The summed E-state index contributed by atoms with van der Waals surface area (Å²) < 4.78 is 18.3. The van der Waals surface area contributed by atoms with Crippen molar-refractivity contribution in [3.05, 3.63) is 11.6 Å². The molecule has 0 unspecified atom stereocenters. The van der Waals surface area contributed by atoms with Gasteiger partial charge in [0.05, 0.1) is 25.4 Å². The maximum Gasteiger partial charge on any atom is 0.302 e. The average Bonchev–Trinajstić information content (AvgIpc) is 3.31. The zero-order chi connectivity index (χ0) is 34.3. The number of carbonyl (C=O) groups is 2. The number of aliphatic hydroxyl groups excluding tert-OH is 4. The summed E-state index contributed by atoms with van der Waals surface area (Å²) in [5.74, 6) is 1.60. The molecular weight excluding hydrogens is 602 g/mol. The smallest absolute Gasteiger partial charge is 0.302 e. The van der Waals surface area contributed by atoms with Crippen LogP contribution >= 0.6 is 0 Å². The molecule has 0 aromatic rings. The standard InChI is InChI=1S/C37H61NO9/c1-20(19-45-23(4)41)8-7-9-21(2)28-17-29(46-35-32(38-22(3)40)34(44)33(43)30(18-39)47-35)31-26-11-10-24-16-25(42)12-14-36(24,5)27(26)13-15-37(28,31)6/h10,20-21,25-35,39,42-44H,7-9,11-19H2,1-6H3,(H,38,40)/t20-,21-,25+,26-,27+,28-,29+,30-,31-,32-,33-,34-,35-,36+,37-/m1/s1. The molecule has 10 heteroatoms. The Morgan fingerprint density at radius 1 is 1.09 bits per heavy atom. The van der Waals surface area contributed by atoms with Gasteiger partial charge in [-0.1, -0.05) is 52.2 Å². The van der Waals surface area contributed by atoms with Crippen LogP contribution in [0.5, 0.6) is 0 Å². The van der Waals surface area contributed by atoms with Gasteiger partial charge in [0.15, 0.2) is 6.29 Å². The fraction of sp³-hybridized carbons (Fsp3) is 0.892. The molecule has 0 aromatic carbocycles. The van der Waals surface area contributed by atoms with Crippen molar-refractivity contribution in [2.75, 3.05) is 13.2 Å². The van der Waals surface area contributed by atoms with Crippen molar-refractivity contribution in [2.24, 2.45) is 46.3 Å². The first kappa shape index (κ1) is 36.7. The quantitative estimate of drug-likeness (QED) is 0.164. The molecule has 5 rings (SSSR count). The van der Waals surface area contributed by atoms with E-state index in [4.69, 9.17) is 14.2 Å². The van der Waals surface area contributed by atoms with Crippen LogP contribution in [-0.4, -0.2) is 88.4 Å². The SMILES string of the molecule is CC(=O)N[C@H]1[C@H](O[C@H]2C[C@H]([C@H](C)CCC[C@@H](C)COC(C)=O)[C@@]3(C)CC[C@H]4[C@@H](CC=C5C[C@@H](O)CC[C@@]54C)[C@H]23)O[C@H](CO)[C@@H](O)[C@@H]1O. The minimum atomic E-state index is -1.36. The van der Waals surface area contributed by atoms with Crippen molar-refractivity contribution >= 4 is 11.9 Å². The molecule has 268 valence electrons. The highest BCUT2D eigenvalue weighted by Gasteiger charge is 2.63. The fourth-order valence-corrected chi connectivity index (χ4v) is 10.8. The number of rotatable bonds is 11. The van der Waals surface area contributed by atoms with Crippen LogP contribution in [0, 0.1) is 46.3 Å². The molecule has 0 radical (unpaired) electrons. The topological polar surface area (TPSA) is 155 Å². The highest BCUT2D eigenvalue weighted by atomic mass is 16.7. The Hall–Kier alpha value is -1.56. The van der Waals surface area contributed by atoms with E-state index in [1.54, 1.807) is 0 Å². The fourth-order valence-electron chi connectivity index (χ4n) is 10.8. The molecule has 47 heavy (non-hydrogen) atoms. The van der Waals surface area contributed by atoms with Crippen molar-refractivity contribution in [2.45, 2.75) is 149 Å². The number of nitrogens with one attached hydrogen (secondary N) is 1.